The maximum absolute atomic E-state index is 11.7. The molecule has 2 N–H and O–H groups in total. The second-order valence-electron chi connectivity index (χ2n) is 4.54. The molecule has 1 aromatic rings. The topological polar surface area (TPSA) is 72.6 Å². The van der Waals surface area contributed by atoms with Crippen molar-refractivity contribution in [2.75, 3.05) is 4.90 Å². The summed E-state index contributed by atoms with van der Waals surface area (Å²) in [7, 11) is 0. The van der Waals surface area contributed by atoms with Crippen LogP contribution in [0.3, 0.4) is 0 Å². The van der Waals surface area contributed by atoms with Crippen molar-refractivity contribution in [3.8, 4) is 5.75 Å². The van der Waals surface area contributed by atoms with Crippen LogP contribution in [0.4, 0.5) is 5.69 Å². The molecule has 1 aromatic carbocycles. The largest absolute Gasteiger partial charge is 0.491 e. The van der Waals surface area contributed by atoms with Gasteiger partial charge in [0.25, 0.3) is 5.91 Å². The van der Waals surface area contributed by atoms with Crippen molar-refractivity contribution in [3.05, 3.63) is 24.3 Å². The molecule has 0 bridgehead atoms. The number of ether oxygens (including phenoxy) is 1. The van der Waals surface area contributed by atoms with Crippen LogP contribution in [-0.4, -0.2) is 24.0 Å². The average molecular weight is 248 g/mol. The predicted molar refractivity (Wildman–Crippen MR) is 67.3 cm³/mol. The second-order valence-corrected chi connectivity index (χ2v) is 4.54. The Morgan fingerprint density at radius 2 is 1.89 bits per heavy atom. The van der Waals surface area contributed by atoms with Gasteiger partial charge in [-0.2, -0.15) is 0 Å². The van der Waals surface area contributed by atoms with Crippen LogP contribution in [0.5, 0.6) is 5.75 Å². The lowest BCUT2D eigenvalue weighted by Crippen LogP contribution is -2.35. The SMILES string of the molecule is CC(C)Oc1ccc(N2C(=O)CC(N)C2=O)cc1. The Morgan fingerprint density at radius 1 is 1.28 bits per heavy atom. The Balaban J connectivity index is 2.19. The third-order valence-electron chi connectivity index (χ3n) is 2.65. The normalized spacial score (nSPS) is 19.8. The number of hydrogen-bond donors (Lipinski definition) is 1. The van der Waals surface area contributed by atoms with Crippen molar-refractivity contribution in [2.45, 2.75) is 32.4 Å². The molecular formula is C13H16N2O3. The smallest absolute Gasteiger partial charge is 0.251 e. The molecule has 0 radical (unpaired) electrons. The molecule has 18 heavy (non-hydrogen) atoms. The van der Waals surface area contributed by atoms with E-state index in [4.69, 9.17) is 10.5 Å². The summed E-state index contributed by atoms with van der Waals surface area (Å²) < 4.78 is 5.49. The first-order chi connectivity index (χ1) is 8.49. The van der Waals surface area contributed by atoms with Crippen LogP contribution in [0, 0.1) is 0 Å². The lowest BCUT2D eigenvalue weighted by atomic mass is 10.2. The number of anilines is 1. The lowest BCUT2D eigenvalue weighted by Gasteiger charge is -2.15. The van der Waals surface area contributed by atoms with E-state index in [2.05, 4.69) is 0 Å². The Kier molecular flexibility index (Phi) is 3.34. The molecule has 1 aliphatic rings. The molecule has 1 atom stereocenters. The van der Waals surface area contributed by atoms with E-state index in [1.165, 1.54) is 0 Å². The van der Waals surface area contributed by atoms with E-state index in [9.17, 15) is 9.59 Å². The minimum absolute atomic E-state index is 0.0725. The van der Waals surface area contributed by atoms with Crippen molar-refractivity contribution in [1.29, 1.82) is 0 Å². The van der Waals surface area contributed by atoms with Crippen LogP contribution < -0.4 is 15.4 Å². The number of imide groups is 1. The first-order valence-corrected chi connectivity index (χ1v) is 5.88. The summed E-state index contributed by atoms with van der Waals surface area (Å²) in [6.45, 7) is 3.86. The summed E-state index contributed by atoms with van der Waals surface area (Å²) in [5, 5.41) is 0. The van der Waals surface area contributed by atoms with Crippen molar-refractivity contribution < 1.29 is 14.3 Å². The standard InChI is InChI=1S/C13H16N2O3/c1-8(2)18-10-5-3-9(4-6-10)15-12(16)7-11(14)13(15)17/h3-6,8,11H,7,14H2,1-2H3. The van der Waals surface area contributed by atoms with Crippen LogP contribution in [0.25, 0.3) is 0 Å². The molecular weight excluding hydrogens is 232 g/mol. The quantitative estimate of drug-likeness (QED) is 0.812. The molecule has 1 heterocycles. The van der Waals surface area contributed by atoms with E-state index in [1.54, 1.807) is 24.3 Å². The minimum Gasteiger partial charge on any atom is -0.491 e. The molecule has 0 aromatic heterocycles. The molecule has 1 saturated heterocycles. The highest BCUT2D eigenvalue weighted by Crippen LogP contribution is 2.24. The number of benzene rings is 1. The van der Waals surface area contributed by atoms with E-state index in [-0.39, 0.29) is 24.3 Å². The Bertz CT molecular complexity index is 468. The summed E-state index contributed by atoms with van der Waals surface area (Å²) in [6.07, 6.45) is 0.155. The first kappa shape index (κ1) is 12.6. The fourth-order valence-electron chi connectivity index (χ4n) is 1.87. The highest BCUT2D eigenvalue weighted by molar-refractivity contribution is 6.22. The summed E-state index contributed by atoms with van der Waals surface area (Å²) >= 11 is 0. The van der Waals surface area contributed by atoms with Crippen LogP contribution in [0.1, 0.15) is 20.3 Å². The van der Waals surface area contributed by atoms with Gasteiger partial charge >= 0.3 is 0 Å². The molecule has 5 heteroatoms. The van der Waals surface area contributed by atoms with Crippen LogP contribution >= 0.6 is 0 Å². The molecule has 0 saturated carbocycles. The zero-order valence-corrected chi connectivity index (χ0v) is 10.4. The van der Waals surface area contributed by atoms with E-state index in [1.807, 2.05) is 13.8 Å². The van der Waals surface area contributed by atoms with Gasteiger partial charge in [0.05, 0.1) is 24.3 Å². The lowest BCUT2D eigenvalue weighted by molar-refractivity contribution is -0.121. The number of carbonyl (C=O) groups excluding carboxylic acids is 2. The maximum atomic E-state index is 11.7. The van der Waals surface area contributed by atoms with E-state index in [0.717, 1.165) is 4.90 Å². The van der Waals surface area contributed by atoms with Gasteiger partial charge in [-0.3, -0.25) is 9.59 Å². The molecule has 5 nitrogen and oxygen atoms in total. The summed E-state index contributed by atoms with van der Waals surface area (Å²) in [5.74, 6) is 0.0969. The van der Waals surface area contributed by atoms with E-state index >= 15 is 0 Å². The molecule has 0 aliphatic carbocycles. The number of amides is 2. The molecule has 96 valence electrons. The van der Waals surface area contributed by atoms with Gasteiger partial charge in [-0.15, -0.1) is 0 Å². The highest BCUT2D eigenvalue weighted by atomic mass is 16.5. The molecule has 2 amide bonds. The van der Waals surface area contributed by atoms with Gasteiger partial charge in [-0.1, -0.05) is 0 Å². The van der Waals surface area contributed by atoms with Gasteiger partial charge in [-0.05, 0) is 38.1 Å². The van der Waals surface area contributed by atoms with Crippen molar-refractivity contribution in [2.24, 2.45) is 5.73 Å². The zero-order chi connectivity index (χ0) is 13.3. The number of hydrogen-bond acceptors (Lipinski definition) is 4. The number of carbonyl (C=O) groups is 2. The average Bonchev–Trinajstić information content (AvgIpc) is 2.54. The van der Waals surface area contributed by atoms with Crippen molar-refractivity contribution in [1.82, 2.24) is 0 Å². The van der Waals surface area contributed by atoms with Gasteiger partial charge in [0.1, 0.15) is 5.75 Å². The summed E-state index contributed by atoms with van der Waals surface area (Å²) in [6, 6.07) is 6.13. The second kappa shape index (κ2) is 4.78. The predicted octanol–water partition coefficient (Wildman–Crippen LogP) is 1.06. The van der Waals surface area contributed by atoms with Crippen molar-refractivity contribution >= 4 is 17.5 Å². The van der Waals surface area contributed by atoms with E-state index < -0.39 is 6.04 Å². The van der Waals surface area contributed by atoms with Crippen LogP contribution in [0.15, 0.2) is 24.3 Å². The van der Waals surface area contributed by atoms with Gasteiger partial charge in [0.15, 0.2) is 0 Å². The minimum atomic E-state index is -0.718. The highest BCUT2D eigenvalue weighted by Gasteiger charge is 2.37. The molecule has 1 aliphatic heterocycles. The molecule has 1 fully saturated rings. The molecule has 0 spiro atoms. The Labute approximate surface area is 106 Å². The third-order valence-corrected chi connectivity index (χ3v) is 2.65. The fraction of sp³-hybridized carbons (Fsp3) is 0.385. The van der Waals surface area contributed by atoms with Crippen LogP contribution in [0.2, 0.25) is 0 Å². The Morgan fingerprint density at radius 3 is 2.33 bits per heavy atom. The van der Waals surface area contributed by atoms with Gasteiger partial charge in [-0.25, -0.2) is 4.90 Å². The Hall–Kier alpha value is -1.88. The number of nitrogens with two attached hydrogens (primary N) is 1. The fourth-order valence-corrected chi connectivity index (χ4v) is 1.87. The molecule has 2 rings (SSSR count). The zero-order valence-electron chi connectivity index (χ0n) is 10.4. The van der Waals surface area contributed by atoms with Gasteiger partial charge in [0, 0.05) is 0 Å². The van der Waals surface area contributed by atoms with E-state index in [0.29, 0.717) is 11.4 Å². The maximum Gasteiger partial charge on any atom is 0.251 e. The number of nitrogens with zero attached hydrogens (tertiary/aromatic N) is 1. The first-order valence-electron chi connectivity index (χ1n) is 5.88. The van der Waals surface area contributed by atoms with Gasteiger partial charge in [0.2, 0.25) is 5.91 Å². The van der Waals surface area contributed by atoms with Crippen molar-refractivity contribution in [3.63, 3.8) is 0 Å². The number of rotatable bonds is 3. The molecule has 1 unspecified atom stereocenters. The summed E-state index contributed by atoms with van der Waals surface area (Å²) in [5.41, 5.74) is 6.09. The van der Waals surface area contributed by atoms with Gasteiger partial charge < -0.3 is 10.5 Å². The monoisotopic (exact) mass is 248 g/mol. The third kappa shape index (κ3) is 2.36. The van der Waals surface area contributed by atoms with Crippen LogP contribution in [-0.2, 0) is 9.59 Å². The summed E-state index contributed by atoms with van der Waals surface area (Å²) in [4.78, 5) is 24.5.